The molecule has 0 saturated heterocycles. The Morgan fingerprint density at radius 2 is 1.74 bits per heavy atom. The molecule has 0 aliphatic carbocycles. The largest absolute Gasteiger partial charge is 0.378 e. The molecule has 3 rings (SSSR count). The minimum atomic E-state index is -1.26. The van der Waals surface area contributed by atoms with Crippen molar-refractivity contribution in [3.05, 3.63) is 65.8 Å². The highest BCUT2D eigenvalue weighted by Gasteiger charge is 2.45. The highest BCUT2D eigenvalue weighted by Crippen LogP contribution is 2.43. The van der Waals surface area contributed by atoms with Crippen LogP contribution in [0.25, 0.3) is 10.4 Å². The molecule has 5 heteroatoms. The number of nitrogens with zero attached hydrogens (tertiary/aromatic N) is 3. The van der Waals surface area contributed by atoms with Crippen LogP contribution in [0.4, 0.5) is 0 Å². The molecule has 3 aromatic rings. The lowest BCUT2D eigenvalue weighted by atomic mass is 9.71. The molecule has 0 aliphatic rings. The van der Waals surface area contributed by atoms with Crippen LogP contribution in [0.5, 0.6) is 0 Å². The third-order valence-electron chi connectivity index (χ3n) is 4.00. The van der Waals surface area contributed by atoms with Crippen molar-refractivity contribution in [2.45, 2.75) is 26.4 Å². The van der Waals surface area contributed by atoms with Gasteiger partial charge < -0.3 is 5.11 Å². The molecule has 3 aromatic heterocycles. The van der Waals surface area contributed by atoms with Gasteiger partial charge >= 0.3 is 0 Å². The Bertz CT molecular complexity index is 764. The Kier molecular flexibility index (Phi) is 4.00. The zero-order chi connectivity index (χ0) is 16.5. The van der Waals surface area contributed by atoms with Gasteiger partial charge in [-0.05, 0) is 17.5 Å². The third-order valence-corrected chi connectivity index (χ3v) is 4.92. The molecule has 0 fully saturated rings. The van der Waals surface area contributed by atoms with Gasteiger partial charge in [-0.25, -0.2) is 9.97 Å². The van der Waals surface area contributed by atoms with Crippen LogP contribution in [0.1, 0.15) is 32.0 Å². The first kappa shape index (κ1) is 15.8. The summed E-state index contributed by atoms with van der Waals surface area (Å²) in [6, 6.07) is 7.95. The SMILES string of the molecule is CC(C)(C)C(O)(c1cncnc1)c1ccc(-c2cccs2)cn1. The van der Waals surface area contributed by atoms with Crippen LogP contribution in [0.15, 0.2) is 54.6 Å². The smallest absolute Gasteiger partial charge is 0.139 e. The van der Waals surface area contributed by atoms with Crippen LogP contribution in [0, 0.1) is 5.41 Å². The summed E-state index contributed by atoms with van der Waals surface area (Å²) in [6.07, 6.45) is 6.56. The highest BCUT2D eigenvalue weighted by molar-refractivity contribution is 7.13. The lowest BCUT2D eigenvalue weighted by molar-refractivity contribution is -0.0301. The van der Waals surface area contributed by atoms with E-state index in [0.29, 0.717) is 11.3 Å². The fourth-order valence-corrected chi connectivity index (χ4v) is 3.37. The van der Waals surface area contributed by atoms with E-state index in [9.17, 15) is 5.11 Å². The van der Waals surface area contributed by atoms with Gasteiger partial charge in [0.25, 0.3) is 0 Å². The van der Waals surface area contributed by atoms with Crippen LogP contribution >= 0.6 is 11.3 Å². The second-order valence-electron chi connectivity index (χ2n) is 6.50. The first-order valence-corrected chi connectivity index (χ1v) is 8.29. The molecule has 118 valence electrons. The Morgan fingerprint density at radius 3 is 2.26 bits per heavy atom. The maximum Gasteiger partial charge on any atom is 0.139 e. The topological polar surface area (TPSA) is 58.9 Å². The fourth-order valence-electron chi connectivity index (χ4n) is 2.65. The van der Waals surface area contributed by atoms with Gasteiger partial charge in [-0.15, -0.1) is 11.3 Å². The second-order valence-corrected chi connectivity index (χ2v) is 7.44. The molecule has 3 heterocycles. The average molecular weight is 325 g/mol. The number of aromatic nitrogens is 3. The zero-order valence-corrected chi connectivity index (χ0v) is 14.2. The second kappa shape index (κ2) is 5.83. The third kappa shape index (κ3) is 2.78. The number of hydrogen-bond acceptors (Lipinski definition) is 5. The van der Waals surface area contributed by atoms with Gasteiger partial charge in [0.15, 0.2) is 0 Å². The van der Waals surface area contributed by atoms with Crippen molar-refractivity contribution in [3.8, 4) is 10.4 Å². The molecule has 0 bridgehead atoms. The van der Waals surface area contributed by atoms with Crippen LogP contribution in [0.2, 0.25) is 0 Å². The number of thiophene rings is 1. The molecule has 23 heavy (non-hydrogen) atoms. The monoisotopic (exact) mass is 325 g/mol. The van der Waals surface area contributed by atoms with Crippen molar-refractivity contribution in [2.24, 2.45) is 5.41 Å². The average Bonchev–Trinajstić information content (AvgIpc) is 3.08. The van der Waals surface area contributed by atoms with Crippen molar-refractivity contribution in [1.29, 1.82) is 0 Å². The van der Waals surface area contributed by atoms with Gasteiger partial charge in [0.05, 0.1) is 5.69 Å². The van der Waals surface area contributed by atoms with Crippen molar-refractivity contribution >= 4 is 11.3 Å². The summed E-state index contributed by atoms with van der Waals surface area (Å²) in [5.74, 6) is 0. The normalized spacial score (nSPS) is 14.4. The van der Waals surface area contributed by atoms with Crippen molar-refractivity contribution in [3.63, 3.8) is 0 Å². The molecule has 4 nitrogen and oxygen atoms in total. The molecular formula is C18H19N3OS. The summed E-state index contributed by atoms with van der Waals surface area (Å²) in [4.78, 5) is 13.8. The molecular weight excluding hydrogens is 306 g/mol. The lowest BCUT2D eigenvalue weighted by Crippen LogP contribution is -2.42. The first-order valence-electron chi connectivity index (χ1n) is 7.41. The summed E-state index contributed by atoms with van der Waals surface area (Å²) in [6.45, 7) is 5.94. The number of rotatable bonds is 3. The molecule has 0 aromatic carbocycles. The minimum absolute atomic E-state index is 0.463. The van der Waals surface area contributed by atoms with Gasteiger partial charge in [0.1, 0.15) is 11.9 Å². The summed E-state index contributed by atoms with van der Waals surface area (Å²) in [5.41, 5.74) is 0.561. The minimum Gasteiger partial charge on any atom is -0.378 e. The Balaban J connectivity index is 2.08. The Morgan fingerprint density at radius 1 is 1.00 bits per heavy atom. The number of aliphatic hydroxyl groups is 1. The van der Waals surface area contributed by atoms with E-state index in [1.807, 2.05) is 50.5 Å². The van der Waals surface area contributed by atoms with Gasteiger partial charge in [0.2, 0.25) is 0 Å². The highest BCUT2D eigenvalue weighted by atomic mass is 32.1. The quantitative estimate of drug-likeness (QED) is 0.794. The van der Waals surface area contributed by atoms with Crippen LogP contribution < -0.4 is 0 Å². The van der Waals surface area contributed by atoms with E-state index in [1.54, 1.807) is 23.7 Å². The number of pyridine rings is 1. The van der Waals surface area contributed by atoms with E-state index in [2.05, 4.69) is 21.0 Å². The first-order chi connectivity index (χ1) is 10.9. The molecule has 1 N–H and O–H groups in total. The number of hydrogen-bond donors (Lipinski definition) is 1. The van der Waals surface area contributed by atoms with Gasteiger partial charge in [-0.3, -0.25) is 4.98 Å². The summed E-state index contributed by atoms with van der Waals surface area (Å²) in [5, 5.41) is 13.5. The molecule has 0 saturated carbocycles. The molecule has 0 spiro atoms. The van der Waals surface area contributed by atoms with E-state index in [0.717, 1.165) is 10.4 Å². The predicted molar refractivity (Wildman–Crippen MR) is 92.0 cm³/mol. The van der Waals surface area contributed by atoms with Gasteiger partial charge in [0, 0.05) is 40.0 Å². The maximum atomic E-state index is 11.5. The van der Waals surface area contributed by atoms with Crippen LogP contribution in [0.3, 0.4) is 0 Å². The van der Waals surface area contributed by atoms with E-state index < -0.39 is 11.0 Å². The van der Waals surface area contributed by atoms with Crippen LogP contribution in [-0.2, 0) is 5.60 Å². The standard InChI is InChI=1S/C18H19N3OS/c1-17(2,3)18(22,14-10-19-12-20-11-14)16-7-6-13(9-21-16)15-5-4-8-23-15/h4-12,22H,1-3H3. The molecule has 1 unspecified atom stereocenters. The van der Waals surface area contributed by atoms with Gasteiger partial charge in [-0.2, -0.15) is 0 Å². The van der Waals surface area contributed by atoms with Crippen molar-refractivity contribution in [1.82, 2.24) is 15.0 Å². The summed E-state index contributed by atoms with van der Waals surface area (Å²) in [7, 11) is 0. The van der Waals surface area contributed by atoms with E-state index >= 15 is 0 Å². The Labute approximate surface area is 139 Å². The van der Waals surface area contributed by atoms with Gasteiger partial charge in [-0.1, -0.05) is 32.9 Å². The molecule has 0 radical (unpaired) electrons. The van der Waals surface area contributed by atoms with Crippen molar-refractivity contribution in [2.75, 3.05) is 0 Å². The predicted octanol–water partition coefficient (Wildman–Crippen LogP) is 3.88. The molecule has 1 atom stereocenters. The molecule has 0 amide bonds. The van der Waals surface area contributed by atoms with E-state index in [4.69, 9.17) is 0 Å². The summed E-state index contributed by atoms with van der Waals surface area (Å²) >= 11 is 1.67. The zero-order valence-electron chi connectivity index (χ0n) is 13.4. The van der Waals surface area contributed by atoms with E-state index in [1.165, 1.54) is 6.33 Å². The maximum absolute atomic E-state index is 11.5. The van der Waals surface area contributed by atoms with Crippen molar-refractivity contribution < 1.29 is 5.11 Å². The van der Waals surface area contributed by atoms with E-state index in [-0.39, 0.29) is 0 Å². The molecule has 0 aliphatic heterocycles. The Hall–Kier alpha value is -2.11. The lowest BCUT2D eigenvalue weighted by Gasteiger charge is -2.39. The summed E-state index contributed by atoms with van der Waals surface area (Å²) < 4.78 is 0. The fraction of sp³-hybridized carbons (Fsp3) is 0.278. The van der Waals surface area contributed by atoms with Crippen LogP contribution in [-0.4, -0.2) is 20.1 Å².